The van der Waals surface area contributed by atoms with Gasteiger partial charge >= 0.3 is 6.01 Å². The van der Waals surface area contributed by atoms with Crippen LogP contribution in [-0.4, -0.2) is 44.7 Å². The summed E-state index contributed by atoms with van der Waals surface area (Å²) in [4.78, 5) is 14.7. The Kier molecular flexibility index (Phi) is 2.00. The lowest BCUT2D eigenvalue weighted by atomic mass is 10.1. The fourth-order valence-electron chi connectivity index (χ4n) is 2.02. The molecule has 0 amide bonds. The summed E-state index contributed by atoms with van der Waals surface area (Å²) in [7, 11) is 0. The van der Waals surface area contributed by atoms with E-state index in [0.717, 1.165) is 0 Å². The van der Waals surface area contributed by atoms with Gasteiger partial charge in [0.1, 0.15) is 12.2 Å². The van der Waals surface area contributed by atoms with E-state index in [2.05, 4.69) is 4.98 Å². The predicted octanol–water partition coefficient (Wildman–Crippen LogP) is -1.75. The van der Waals surface area contributed by atoms with Crippen LogP contribution in [0.5, 0.6) is 6.01 Å². The fraction of sp³-hybridized carbons (Fsp3) is 0.556. The van der Waals surface area contributed by atoms with Crippen LogP contribution in [0, 0.1) is 0 Å². The summed E-state index contributed by atoms with van der Waals surface area (Å²) in [6.07, 6.45) is -1.24. The van der Waals surface area contributed by atoms with Crippen molar-refractivity contribution < 1.29 is 19.7 Å². The van der Waals surface area contributed by atoms with E-state index in [4.69, 9.17) is 14.6 Å². The van der Waals surface area contributed by atoms with Crippen LogP contribution < -0.4 is 10.3 Å². The van der Waals surface area contributed by atoms with Crippen molar-refractivity contribution >= 4 is 0 Å². The van der Waals surface area contributed by atoms with Crippen molar-refractivity contribution in [1.29, 1.82) is 0 Å². The molecule has 16 heavy (non-hydrogen) atoms. The van der Waals surface area contributed by atoms with Crippen molar-refractivity contribution in [3.8, 4) is 6.01 Å². The molecule has 2 aliphatic rings. The molecule has 86 valence electrons. The molecule has 3 heterocycles. The molecular formula is C9H10N2O5. The third-order valence-electron chi connectivity index (χ3n) is 2.81. The maximum atomic E-state index is 11.0. The smallest absolute Gasteiger partial charge is 0.302 e. The van der Waals surface area contributed by atoms with Gasteiger partial charge in [0.15, 0.2) is 12.3 Å². The van der Waals surface area contributed by atoms with Crippen LogP contribution in [0.1, 0.15) is 6.23 Å². The van der Waals surface area contributed by atoms with E-state index in [0.29, 0.717) is 0 Å². The zero-order valence-corrected chi connectivity index (χ0v) is 8.18. The van der Waals surface area contributed by atoms with Crippen molar-refractivity contribution in [3.05, 3.63) is 22.6 Å². The van der Waals surface area contributed by atoms with E-state index >= 15 is 0 Å². The monoisotopic (exact) mass is 226 g/mol. The molecule has 0 saturated carbocycles. The highest BCUT2D eigenvalue weighted by atomic mass is 16.6. The average molecular weight is 226 g/mol. The molecule has 1 aromatic rings. The first-order valence-corrected chi connectivity index (χ1v) is 4.91. The third kappa shape index (κ3) is 1.19. The van der Waals surface area contributed by atoms with Crippen LogP contribution in [0.4, 0.5) is 0 Å². The van der Waals surface area contributed by atoms with Gasteiger partial charge < -0.3 is 19.7 Å². The van der Waals surface area contributed by atoms with Crippen LogP contribution in [0.2, 0.25) is 0 Å². The lowest BCUT2D eigenvalue weighted by Gasteiger charge is -2.13. The molecule has 4 atom stereocenters. The van der Waals surface area contributed by atoms with E-state index in [1.54, 1.807) is 0 Å². The molecule has 1 saturated heterocycles. The van der Waals surface area contributed by atoms with Gasteiger partial charge in [-0.1, -0.05) is 0 Å². The number of aliphatic hydroxyl groups is 2. The number of nitrogens with zero attached hydrogens (tertiary/aromatic N) is 2. The van der Waals surface area contributed by atoms with Crippen LogP contribution in [0.15, 0.2) is 17.1 Å². The number of fused-ring (bicyclic) bond motifs is 3. The Morgan fingerprint density at radius 3 is 3.12 bits per heavy atom. The zero-order valence-electron chi connectivity index (χ0n) is 8.18. The standard InChI is InChI=1S/C9H10N2O5/c12-3-4-6(14)7-8(15-4)11-2-1-5(13)10-9(11)16-7/h1-2,4,6-8,12,14H,3H2/t4-,6?,7+,8-/m1/s1. The summed E-state index contributed by atoms with van der Waals surface area (Å²) < 4.78 is 12.3. The second-order valence-electron chi connectivity index (χ2n) is 3.78. The quantitative estimate of drug-likeness (QED) is 0.590. The first kappa shape index (κ1) is 9.76. The molecule has 1 aromatic heterocycles. The lowest BCUT2D eigenvalue weighted by molar-refractivity contribution is -0.0434. The molecule has 1 unspecified atom stereocenters. The molecule has 0 bridgehead atoms. The van der Waals surface area contributed by atoms with E-state index in [1.165, 1.54) is 16.8 Å². The Morgan fingerprint density at radius 1 is 1.56 bits per heavy atom. The molecule has 0 spiro atoms. The maximum absolute atomic E-state index is 11.0. The van der Waals surface area contributed by atoms with Crippen LogP contribution >= 0.6 is 0 Å². The maximum Gasteiger partial charge on any atom is 0.302 e. The first-order valence-electron chi connectivity index (χ1n) is 4.91. The predicted molar refractivity (Wildman–Crippen MR) is 49.9 cm³/mol. The second-order valence-corrected chi connectivity index (χ2v) is 3.78. The van der Waals surface area contributed by atoms with Gasteiger partial charge in [-0.15, -0.1) is 0 Å². The van der Waals surface area contributed by atoms with E-state index in [1.807, 2.05) is 0 Å². The normalized spacial score (nSPS) is 35.6. The minimum absolute atomic E-state index is 0.137. The summed E-state index contributed by atoms with van der Waals surface area (Å²) in [6, 6.07) is 1.43. The van der Waals surface area contributed by atoms with Gasteiger partial charge in [-0.2, -0.15) is 4.98 Å². The van der Waals surface area contributed by atoms with Crippen molar-refractivity contribution in [2.75, 3.05) is 6.61 Å². The summed E-state index contributed by atoms with van der Waals surface area (Å²) in [5.74, 6) is 0. The number of aliphatic hydroxyl groups excluding tert-OH is 2. The van der Waals surface area contributed by atoms with Gasteiger partial charge in [0.05, 0.1) is 6.61 Å². The summed E-state index contributed by atoms with van der Waals surface area (Å²) in [6.45, 7) is -0.277. The number of rotatable bonds is 1. The van der Waals surface area contributed by atoms with E-state index < -0.39 is 30.1 Å². The van der Waals surface area contributed by atoms with Crippen LogP contribution in [-0.2, 0) is 4.74 Å². The summed E-state index contributed by atoms with van der Waals surface area (Å²) in [5, 5.41) is 18.7. The molecule has 7 nitrogen and oxygen atoms in total. The molecular weight excluding hydrogens is 216 g/mol. The van der Waals surface area contributed by atoms with Gasteiger partial charge in [-0.25, -0.2) is 0 Å². The largest absolute Gasteiger partial charge is 0.453 e. The molecule has 7 heteroatoms. The number of hydrogen-bond donors (Lipinski definition) is 2. The minimum Gasteiger partial charge on any atom is -0.453 e. The number of hydrogen-bond acceptors (Lipinski definition) is 6. The Balaban J connectivity index is 1.99. The first-order chi connectivity index (χ1) is 7.70. The van der Waals surface area contributed by atoms with Gasteiger partial charge in [-0.3, -0.25) is 9.36 Å². The van der Waals surface area contributed by atoms with Crippen molar-refractivity contribution in [2.45, 2.75) is 24.5 Å². The van der Waals surface area contributed by atoms with E-state index in [9.17, 15) is 9.90 Å². The third-order valence-corrected chi connectivity index (χ3v) is 2.81. The zero-order chi connectivity index (χ0) is 11.3. The second kappa shape index (κ2) is 3.27. The number of ether oxygens (including phenoxy) is 2. The van der Waals surface area contributed by atoms with Crippen molar-refractivity contribution in [1.82, 2.24) is 9.55 Å². The highest BCUT2D eigenvalue weighted by Gasteiger charge is 2.50. The topological polar surface area (TPSA) is 93.8 Å². The highest BCUT2D eigenvalue weighted by Crippen LogP contribution is 2.38. The highest BCUT2D eigenvalue weighted by molar-refractivity contribution is 5.10. The molecule has 0 radical (unpaired) electrons. The Bertz CT molecular complexity index is 473. The Labute approximate surface area is 89.9 Å². The molecule has 0 aromatic carbocycles. The van der Waals surface area contributed by atoms with Gasteiger partial charge in [0.2, 0.25) is 0 Å². The molecule has 2 aliphatic heterocycles. The average Bonchev–Trinajstić information content (AvgIpc) is 2.75. The summed E-state index contributed by atoms with van der Waals surface area (Å²) >= 11 is 0. The summed E-state index contributed by atoms with van der Waals surface area (Å²) in [5.41, 5.74) is -0.403. The van der Waals surface area contributed by atoms with Gasteiger partial charge in [0.25, 0.3) is 5.56 Å². The van der Waals surface area contributed by atoms with Crippen molar-refractivity contribution in [2.24, 2.45) is 0 Å². The Morgan fingerprint density at radius 2 is 2.38 bits per heavy atom. The SMILES string of the molecule is O=c1ccn2c(n1)O[C@H]1C(O)[C@@H](CO)O[C@H]12. The van der Waals surface area contributed by atoms with Crippen LogP contribution in [0.3, 0.4) is 0 Å². The lowest BCUT2D eigenvalue weighted by Crippen LogP contribution is -2.34. The molecule has 3 rings (SSSR count). The molecule has 0 aliphatic carbocycles. The van der Waals surface area contributed by atoms with E-state index in [-0.39, 0.29) is 12.6 Å². The van der Waals surface area contributed by atoms with Gasteiger partial charge in [0, 0.05) is 12.3 Å². The van der Waals surface area contributed by atoms with Crippen LogP contribution in [0.25, 0.3) is 0 Å². The molecule has 1 fully saturated rings. The van der Waals surface area contributed by atoms with Gasteiger partial charge in [-0.05, 0) is 0 Å². The fourth-order valence-corrected chi connectivity index (χ4v) is 2.02. The Hall–Kier alpha value is -1.44. The number of aromatic nitrogens is 2. The molecule has 2 N–H and O–H groups in total. The minimum atomic E-state index is -0.924. The van der Waals surface area contributed by atoms with Crippen molar-refractivity contribution in [3.63, 3.8) is 0 Å².